The molecule has 0 bridgehead atoms. The standard InChI is InChI=1S/C14H20N2/c1-10-5-6-13-12(8-10)15-9-14-11(2)4-3-7-16(13)14/h5-6,8,11,14-15H,3-4,7,9H2,1-2H3. The van der Waals surface area contributed by atoms with E-state index in [2.05, 4.69) is 42.3 Å². The number of fused-ring (bicyclic) bond motifs is 3. The van der Waals surface area contributed by atoms with Crippen LogP contribution in [0.4, 0.5) is 11.4 Å². The quantitative estimate of drug-likeness (QED) is 0.717. The zero-order valence-corrected chi connectivity index (χ0v) is 10.2. The first-order valence-electron chi connectivity index (χ1n) is 6.37. The lowest BCUT2D eigenvalue weighted by atomic mass is 9.88. The molecule has 2 nitrogen and oxygen atoms in total. The lowest BCUT2D eigenvalue weighted by Crippen LogP contribution is -2.51. The van der Waals surface area contributed by atoms with Gasteiger partial charge in [-0.15, -0.1) is 0 Å². The van der Waals surface area contributed by atoms with E-state index >= 15 is 0 Å². The van der Waals surface area contributed by atoms with Gasteiger partial charge in [-0.25, -0.2) is 0 Å². The maximum Gasteiger partial charge on any atom is 0.0605 e. The van der Waals surface area contributed by atoms with Crippen molar-refractivity contribution in [2.24, 2.45) is 5.92 Å². The lowest BCUT2D eigenvalue weighted by Gasteiger charge is -2.45. The van der Waals surface area contributed by atoms with E-state index in [1.165, 1.54) is 36.3 Å². The monoisotopic (exact) mass is 216 g/mol. The van der Waals surface area contributed by atoms with Crippen LogP contribution in [0.15, 0.2) is 18.2 Å². The Hall–Kier alpha value is -1.18. The molecule has 0 aromatic heterocycles. The first-order valence-corrected chi connectivity index (χ1v) is 6.37. The SMILES string of the molecule is Cc1ccc2c(c1)NCC1C(C)CCCN21. The van der Waals surface area contributed by atoms with Gasteiger partial charge in [-0.2, -0.15) is 0 Å². The molecule has 2 aliphatic rings. The summed E-state index contributed by atoms with van der Waals surface area (Å²) >= 11 is 0. The summed E-state index contributed by atoms with van der Waals surface area (Å²) in [5.74, 6) is 0.815. The van der Waals surface area contributed by atoms with E-state index in [0.29, 0.717) is 6.04 Å². The molecule has 0 saturated carbocycles. The Morgan fingerprint density at radius 2 is 2.25 bits per heavy atom. The summed E-state index contributed by atoms with van der Waals surface area (Å²) in [4.78, 5) is 2.61. The predicted octanol–water partition coefficient (Wildman–Crippen LogP) is 3.03. The van der Waals surface area contributed by atoms with Gasteiger partial charge in [-0.3, -0.25) is 0 Å². The molecule has 1 N–H and O–H groups in total. The van der Waals surface area contributed by atoms with Gasteiger partial charge >= 0.3 is 0 Å². The Morgan fingerprint density at radius 3 is 3.12 bits per heavy atom. The van der Waals surface area contributed by atoms with E-state index < -0.39 is 0 Å². The van der Waals surface area contributed by atoms with Crippen LogP contribution in [-0.4, -0.2) is 19.1 Å². The summed E-state index contributed by atoms with van der Waals surface area (Å²) in [5, 5.41) is 3.59. The largest absolute Gasteiger partial charge is 0.381 e. The molecule has 1 aromatic rings. The number of anilines is 2. The van der Waals surface area contributed by atoms with Gasteiger partial charge in [0, 0.05) is 19.1 Å². The highest BCUT2D eigenvalue weighted by Gasteiger charge is 2.32. The molecular weight excluding hydrogens is 196 g/mol. The third-order valence-corrected chi connectivity index (χ3v) is 4.08. The Bertz CT molecular complexity index is 400. The summed E-state index contributed by atoms with van der Waals surface area (Å²) < 4.78 is 0. The van der Waals surface area contributed by atoms with Crippen molar-refractivity contribution in [2.45, 2.75) is 32.7 Å². The average molecular weight is 216 g/mol. The minimum Gasteiger partial charge on any atom is -0.381 e. The number of aryl methyl sites for hydroxylation is 1. The average Bonchev–Trinajstić information content (AvgIpc) is 2.28. The first kappa shape index (κ1) is 10.0. The maximum atomic E-state index is 3.59. The molecule has 2 aliphatic heterocycles. The van der Waals surface area contributed by atoms with Crippen LogP contribution in [0.2, 0.25) is 0 Å². The molecule has 2 unspecified atom stereocenters. The molecule has 86 valence electrons. The third kappa shape index (κ3) is 1.48. The second-order valence-corrected chi connectivity index (χ2v) is 5.28. The smallest absolute Gasteiger partial charge is 0.0605 e. The van der Waals surface area contributed by atoms with Crippen LogP contribution >= 0.6 is 0 Å². The van der Waals surface area contributed by atoms with E-state index in [4.69, 9.17) is 0 Å². The van der Waals surface area contributed by atoms with E-state index in [1.54, 1.807) is 0 Å². The van der Waals surface area contributed by atoms with Crippen LogP contribution in [0.1, 0.15) is 25.3 Å². The predicted molar refractivity (Wildman–Crippen MR) is 69.2 cm³/mol. The number of hydrogen-bond acceptors (Lipinski definition) is 2. The zero-order chi connectivity index (χ0) is 11.1. The molecular formula is C14H20N2. The summed E-state index contributed by atoms with van der Waals surface area (Å²) in [5.41, 5.74) is 4.08. The lowest BCUT2D eigenvalue weighted by molar-refractivity contribution is 0.351. The van der Waals surface area contributed by atoms with Gasteiger partial charge in [0.25, 0.3) is 0 Å². The molecule has 3 rings (SSSR count). The molecule has 0 spiro atoms. The number of hydrogen-bond donors (Lipinski definition) is 1. The minimum absolute atomic E-state index is 0.698. The zero-order valence-electron chi connectivity index (χ0n) is 10.2. The fourth-order valence-corrected chi connectivity index (χ4v) is 3.12. The highest BCUT2D eigenvalue weighted by molar-refractivity contribution is 5.73. The van der Waals surface area contributed by atoms with Crippen molar-refractivity contribution in [1.82, 2.24) is 0 Å². The summed E-state index contributed by atoms with van der Waals surface area (Å²) in [7, 11) is 0. The number of piperidine rings is 1. The third-order valence-electron chi connectivity index (χ3n) is 4.08. The molecule has 2 atom stereocenters. The second kappa shape index (κ2) is 3.69. The topological polar surface area (TPSA) is 15.3 Å². The van der Waals surface area contributed by atoms with Crippen molar-refractivity contribution >= 4 is 11.4 Å². The van der Waals surface area contributed by atoms with Crippen molar-refractivity contribution in [3.8, 4) is 0 Å². The van der Waals surface area contributed by atoms with Gasteiger partial charge in [-0.05, 0) is 43.4 Å². The minimum atomic E-state index is 0.698. The van der Waals surface area contributed by atoms with Gasteiger partial charge in [0.05, 0.1) is 11.4 Å². The van der Waals surface area contributed by atoms with Crippen LogP contribution in [0.5, 0.6) is 0 Å². The van der Waals surface area contributed by atoms with Crippen LogP contribution in [0.25, 0.3) is 0 Å². The Labute approximate surface area is 97.6 Å². The van der Waals surface area contributed by atoms with E-state index in [0.717, 1.165) is 12.5 Å². The molecule has 0 radical (unpaired) electrons. The highest BCUT2D eigenvalue weighted by Crippen LogP contribution is 2.37. The molecule has 0 amide bonds. The normalized spacial score (nSPS) is 28.0. The first-order chi connectivity index (χ1) is 7.75. The van der Waals surface area contributed by atoms with Gasteiger partial charge in [0.1, 0.15) is 0 Å². The Balaban J connectivity index is 1.99. The van der Waals surface area contributed by atoms with Gasteiger partial charge in [0.2, 0.25) is 0 Å². The molecule has 16 heavy (non-hydrogen) atoms. The molecule has 1 saturated heterocycles. The Morgan fingerprint density at radius 1 is 1.38 bits per heavy atom. The fraction of sp³-hybridized carbons (Fsp3) is 0.571. The summed E-state index contributed by atoms with van der Waals surface area (Å²) in [6.07, 6.45) is 2.72. The van der Waals surface area contributed by atoms with Crippen molar-refractivity contribution in [2.75, 3.05) is 23.3 Å². The molecule has 1 aromatic carbocycles. The molecule has 2 heteroatoms. The van der Waals surface area contributed by atoms with E-state index in [1.807, 2.05) is 0 Å². The molecule has 2 heterocycles. The number of benzene rings is 1. The molecule has 0 aliphatic carbocycles. The number of rotatable bonds is 0. The summed E-state index contributed by atoms with van der Waals surface area (Å²) in [6, 6.07) is 7.47. The molecule has 1 fully saturated rings. The maximum absolute atomic E-state index is 3.59. The second-order valence-electron chi connectivity index (χ2n) is 5.28. The van der Waals surface area contributed by atoms with Crippen LogP contribution in [0, 0.1) is 12.8 Å². The van der Waals surface area contributed by atoms with Crippen molar-refractivity contribution in [3.05, 3.63) is 23.8 Å². The Kier molecular flexibility index (Phi) is 2.31. The van der Waals surface area contributed by atoms with Crippen LogP contribution in [0.3, 0.4) is 0 Å². The van der Waals surface area contributed by atoms with Crippen LogP contribution < -0.4 is 10.2 Å². The number of nitrogens with zero attached hydrogens (tertiary/aromatic N) is 1. The van der Waals surface area contributed by atoms with Crippen molar-refractivity contribution < 1.29 is 0 Å². The van der Waals surface area contributed by atoms with Crippen LogP contribution in [-0.2, 0) is 0 Å². The summed E-state index contributed by atoms with van der Waals surface area (Å²) in [6.45, 7) is 6.88. The van der Waals surface area contributed by atoms with E-state index in [-0.39, 0.29) is 0 Å². The van der Waals surface area contributed by atoms with E-state index in [9.17, 15) is 0 Å². The van der Waals surface area contributed by atoms with Gasteiger partial charge in [0.15, 0.2) is 0 Å². The van der Waals surface area contributed by atoms with Gasteiger partial charge < -0.3 is 10.2 Å². The van der Waals surface area contributed by atoms with Gasteiger partial charge in [-0.1, -0.05) is 13.0 Å². The number of nitrogens with one attached hydrogen (secondary N) is 1. The van der Waals surface area contributed by atoms with Crippen molar-refractivity contribution in [3.63, 3.8) is 0 Å². The fourth-order valence-electron chi connectivity index (χ4n) is 3.12. The highest BCUT2D eigenvalue weighted by atomic mass is 15.2. The van der Waals surface area contributed by atoms with Crippen molar-refractivity contribution in [1.29, 1.82) is 0 Å².